The van der Waals surface area contributed by atoms with Crippen LogP contribution in [-0.2, 0) is 21.6 Å². The molecule has 0 bridgehead atoms. The van der Waals surface area contributed by atoms with Gasteiger partial charge < -0.3 is 19.5 Å². The van der Waals surface area contributed by atoms with Crippen LogP contribution in [-0.4, -0.2) is 34.3 Å². The van der Waals surface area contributed by atoms with Crippen LogP contribution in [0.3, 0.4) is 0 Å². The molecule has 0 spiro atoms. The molecule has 1 saturated heterocycles. The van der Waals surface area contributed by atoms with E-state index in [0.717, 1.165) is 11.1 Å². The maximum absolute atomic E-state index is 14.1. The zero-order chi connectivity index (χ0) is 27.1. The van der Waals surface area contributed by atoms with E-state index in [0.29, 0.717) is 17.0 Å². The molecule has 3 heterocycles. The largest absolute Gasteiger partial charge is 0.485 e. The van der Waals surface area contributed by atoms with Crippen molar-refractivity contribution in [2.75, 3.05) is 13.2 Å². The lowest BCUT2D eigenvalue weighted by Crippen LogP contribution is -2.58. The van der Waals surface area contributed by atoms with Gasteiger partial charge in [-0.2, -0.15) is 0 Å². The molecule has 1 aliphatic heterocycles. The number of carbonyl (C=O) groups is 1. The minimum Gasteiger partial charge on any atom is -0.485 e. The Labute approximate surface area is 219 Å². The number of aromatic nitrogens is 2. The summed E-state index contributed by atoms with van der Waals surface area (Å²) in [5.41, 5.74) is 1.92. The third-order valence-corrected chi connectivity index (χ3v) is 6.69. The van der Waals surface area contributed by atoms with Crippen molar-refractivity contribution in [2.45, 2.75) is 45.6 Å². The number of pyridine rings is 1. The SMILES string of the molecule is Cc1cccc(C2(NC(=O)c3c(C)nc4c(OCc5c(F)cccc5F)cccn34)COC(C)(C)OC2)c1. The van der Waals surface area contributed by atoms with Gasteiger partial charge in [-0.3, -0.25) is 9.20 Å². The molecule has 5 rings (SSSR count). The molecule has 4 aromatic rings. The van der Waals surface area contributed by atoms with Crippen LogP contribution in [0.2, 0.25) is 0 Å². The van der Waals surface area contributed by atoms with E-state index in [1.807, 2.05) is 45.0 Å². The van der Waals surface area contributed by atoms with Crippen LogP contribution < -0.4 is 10.1 Å². The zero-order valence-electron chi connectivity index (χ0n) is 21.7. The molecule has 0 saturated carbocycles. The van der Waals surface area contributed by atoms with Crippen LogP contribution >= 0.6 is 0 Å². The molecule has 7 nitrogen and oxygen atoms in total. The standard InChI is InChI=1S/C29H29F2N3O4/c1-18-8-5-9-20(14-18)29(16-37-28(3,4)38-17-29)33-27(35)25-19(2)32-26-24(12-7-13-34(25)26)36-15-21-22(30)10-6-11-23(21)31/h5-14H,15-17H2,1-4H3,(H,33,35). The third-order valence-electron chi connectivity index (χ3n) is 6.69. The molecule has 1 aliphatic rings. The second-order valence-electron chi connectivity index (χ2n) is 9.98. The zero-order valence-corrected chi connectivity index (χ0v) is 21.7. The van der Waals surface area contributed by atoms with Gasteiger partial charge >= 0.3 is 0 Å². The average Bonchev–Trinajstić information content (AvgIpc) is 3.22. The van der Waals surface area contributed by atoms with Gasteiger partial charge in [0, 0.05) is 6.20 Å². The molecular formula is C29H29F2N3O4. The Morgan fingerprint density at radius 3 is 2.42 bits per heavy atom. The number of fused-ring (bicyclic) bond motifs is 1. The van der Waals surface area contributed by atoms with Crippen molar-refractivity contribution in [1.29, 1.82) is 0 Å². The van der Waals surface area contributed by atoms with E-state index in [2.05, 4.69) is 10.3 Å². The smallest absolute Gasteiger partial charge is 0.271 e. The molecule has 0 radical (unpaired) electrons. The van der Waals surface area contributed by atoms with E-state index >= 15 is 0 Å². The van der Waals surface area contributed by atoms with Crippen LogP contribution in [0.1, 0.15) is 46.7 Å². The fourth-order valence-electron chi connectivity index (χ4n) is 4.57. The Hall–Kier alpha value is -3.82. The summed E-state index contributed by atoms with van der Waals surface area (Å²) in [5.74, 6) is -2.25. The van der Waals surface area contributed by atoms with Crippen LogP contribution in [0.25, 0.3) is 5.65 Å². The number of imidazole rings is 1. The fourth-order valence-corrected chi connectivity index (χ4v) is 4.57. The first-order valence-corrected chi connectivity index (χ1v) is 12.3. The number of nitrogens with one attached hydrogen (secondary N) is 1. The minimum atomic E-state index is -0.925. The Kier molecular flexibility index (Phi) is 6.66. The van der Waals surface area contributed by atoms with Crippen molar-refractivity contribution < 1.29 is 27.8 Å². The van der Waals surface area contributed by atoms with Gasteiger partial charge in [0.2, 0.25) is 0 Å². The molecule has 2 aromatic heterocycles. The highest BCUT2D eigenvalue weighted by Crippen LogP contribution is 2.33. The molecule has 0 unspecified atom stereocenters. The lowest BCUT2D eigenvalue weighted by molar-refractivity contribution is -0.272. The first kappa shape index (κ1) is 25.8. The third kappa shape index (κ3) is 4.87. The highest BCUT2D eigenvalue weighted by Gasteiger charge is 2.43. The number of amides is 1. The van der Waals surface area contributed by atoms with E-state index in [-0.39, 0.29) is 37.0 Å². The van der Waals surface area contributed by atoms with Gasteiger partial charge in [0.25, 0.3) is 5.91 Å². The van der Waals surface area contributed by atoms with Crippen LogP contribution in [0.15, 0.2) is 60.8 Å². The number of benzene rings is 2. The number of halogens is 2. The molecule has 1 amide bonds. The second kappa shape index (κ2) is 9.81. The van der Waals surface area contributed by atoms with Crippen LogP contribution in [0.4, 0.5) is 8.78 Å². The van der Waals surface area contributed by atoms with Gasteiger partial charge in [0.05, 0.1) is 24.5 Å². The quantitative estimate of drug-likeness (QED) is 0.377. The summed E-state index contributed by atoms with van der Waals surface area (Å²) in [5, 5.41) is 3.15. The molecule has 9 heteroatoms. The number of hydrogen-bond donors (Lipinski definition) is 1. The number of aryl methyl sites for hydroxylation is 2. The van der Waals surface area contributed by atoms with Crippen molar-refractivity contribution in [1.82, 2.24) is 14.7 Å². The summed E-state index contributed by atoms with van der Waals surface area (Å²) in [6.07, 6.45) is 1.69. The number of ether oxygens (including phenoxy) is 3. The van der Waals surface area contributed by atoms with E-state index in [1.165, 1.54) is 18.2 Å². The molecule has 2 aromatic carbocycles. The Morgan fingerprint density at radius 2 is 1.74 bits per heavy atom. The number of nitrogens with zero attached hydrogens (tertiary/aromatic N) is 2. The Morgan fingerprint density at radius 1 is 1.05 bits per heavy atom. The van der Waals surface area contributed by atoms with Crippen molar-refractivity contribution in [3.63, 3.8) is 0 Å². The van der Waals surface area contributed by atoms with Crippen molar-refractivity contribution in [2.24, 2.45) is 0 Å². The highest BCUT2D eigenvalue weighted by molar-refractivity contribution is 5.95. The maximum Gasteiger partial charge on any atom is 0.271 e. The van der Waals surface area contributed by atoms with E-state index < -0.39 is 23.0 Å². The molecule has 0 atom stereocenters. The summed E-state index contributed by atoms with van der Waals surface area (Å²) < 4.78 is 47.5. The number of rotatable bonds is 6. The maximum atomic E-state index is 14.1. The first-order chi connectivity index (χ1) is 18.1. The average molecular weight is 522 g/mol. The van der Waals surface area contributed by atoms with Crippen molar-refractivity contribution in [3.8, 4) is 5.75 Å². The lowest BCUT2D eigenvalue weighted by atomic mass is 9.89. The van der Waals surface area contributed by atoms with Gasteiger partial charge in [-0.15, -0.1) is 0 Å². The molecule has 198 valence electrons. The van der Waals surface area contributed by atoms with E-state index in [1.54, 1.807) is 29.7 Å². The summed E-state index contributed by atoms with van der Waals surface area (Å²) in [6.45, 7) is 7.47. The monoisotopic (exact) mass is 521 g/mol. The molecule has 0 aliphatic carbocycles. The minimum absolute atomic E-state index is 0.184. The van der Waals surface area contributed by atoms with Gasteiger partial charge in [-0.05, 0) is 57.5 Å². The predicted molar refractivity (Wildman–Crippen MR) is 137 cm³/mol. The predicted octanol–water partition coefficient (Wildman–Crippen LogP) is 5.22. The number of hydrogen-bond acceptors (Lipinski definition) is 5. The molecular weight excluding hydrogens is 492 g/mol. The van der Waals surface area contributed by atoms with Crippen LogP contribution in [0, 0.1) is 25.5 Å². The van der Waals surface area contributed by atoms with Gasteiger partial charge in [-0.25, -0.2) is 13.8 Å². The summed E-state index contributed by atoms with van der Waals surface area (Å²) in [7, 11) is 0. The topological polar surface area (TPSA) is 74.1 Å². The first-order valence-electron chi connectivity index (χ1n) is 12.3. The van der Waals surface area contributed by atoms with Crippen molar-refractivity contribution in [3.05, 3.63) is 101 Å². The molecule has 1 fully saturated rings. The van der Waals surface area contributed by atoms with E-state index in [4.69, 9.17) is 14.2 Å². The van der Waals surface area contributed by atoms with Gasteiger partial charge in [0.1, 0.15) is 29.5 Å². The van der Waals surface area contributed by atoms with Crippen molar-refractivity contribution >= 4 is 11.6 Å². The molecule has 1 N–H and O–H groups in total. The summed E-state index contributed by atoms with van der Waals surface area (Å²) in [6, 6.07) is 14.8. The van der Waals surface area contributed by atoms with Crippen LogP contribution in [0.5, 0.6) is 5.75 Å². The summed E-state index contributed by atoms with van der Waals surface area (Å²) in [4.78, 5) is 18.3. The fraction of sp³-hybridized carbons (Fsp3) is 0.310. The molecule has 38 heavy (non-hydrogen) atoms. The normalized spacial score (nSPS) is 16.4. The summed E-state index contributed by atoms with van der Waals surface area (Å²) >= 11 is 0. The highest BCUT2D eigenvalue weighted by atomic mass is 19.1. The number of carbonyl (C=O) groups excluding carboxylic acids is 1. The Bertz CT molecular complexity index is 1480. The van der Waals surface area contributed by atoms with Gasteiger partial charge in [0.15, 0.2) is 17.2 Å². The van der Waals surface area contributed by atoms with Gasteiger partial charge in [-0.1, -0.05) is 35.9 Å². The Balaban J connectivity index is 1.47. The lowest BCUT2D eigenvalue weighted by Gasteiger charge is -2.44. The van der Waals surface area contributed by atoms with E-state index in [9.17, 15) is 13.6 Å². The second-order valence-corrected chi connectivity index (χ2v) is 9.98.